The van der Waals surface area contributed by atoms with Crippen LogP contribution in [0.15, 0.2) is 15.6 Å². The van der Waals surface area contributed by atoms with Gasteiger partial charge in [0.1, 0.15) is 0 Å². The molecular formula is C19H31IN4O2. The second kappa shape index (κ2) is 8.04. The van der Waals surface area contributed by atoms with Crippen LogP contribution in [0.25, 0.3) is 0 Å². The van der Waals surface area contributed by atoms with Crippen LogP contribution in [0.4, 0.5) is 0 Å². The highest BCUT2D eigenvalue weighted by Crippen LogP contribution is 2.60. The lowest BCUT2D eigenvalue weighted by molar-refractivity contribution is -0.125. The molecule has 3 aliphatic rings. The van der Waals surface area contributed by atoms with Gasteiger partial charge in [-0.15, -0.1) is 24.0 Å². The van der Waals surface area contributed by atoms with E-state index in [4.69, 9.17) is 9.26 Å². The lowest BCUT2D eigenvalue weighted by Gasteiger charge is -2.57. The van der Waals surface area contributed by atoms with Gasteiger partial charge >= 0.3 is 0 Å². The van der Waals surface area contributed by atoms with Crippen molar-refractivity contribution >= 4 is 29.9 Å². The summed E-state index contributed by atoms with van der Waals surface area (Å²) in [6.45, 7) is 5.75. The third-order valence-electron chi connectivity index (χ3n) is 6.40. The second-order valence-corrected chi connectivity index (χ2v) is 8.10. The number of aromatic nitrogens is 1. The first kappa shape index (κ1) is 19.9. The molecule has 2 saturated carbocycles. The Kier molecular flexibility index (Phi) is 6.16. The Balaban J connectivity index is 0.00000196. The summed E-state index contributed by atoms with van der Waals surface area (Å²) < 4.78 is 11.5. The quantitative estimate of drug-likeness (QED) is 0.398. The molecule has 2 heterocycles. The van der Waals surface area contributed by atoms with E-state index in [1.807, 2.05) is 13.1 Å². The highest BCUT2D eigenvalue weighted by Gasteiger charge is 2.65. The lowest BCUT2D eigenvalue weighted by Crippen LogP contribution is -2.69. The van der Waals surface area contributed by atoms with E-state index in [0.717, 1.165) is 24.0 Å². The van der Waals surface area contributed by atoms with Gasteiger partial charge in [-0.2, -0.15) is 0 Å². The smallest absolute Gasteiger partial charge is 0.191 e. The molecule has 3 fully saturated rings. The van der Waals surface area contributed by atoms with Crippen LogP contribution in [0, 0.1) is 11.3 Å². The molecule has 146 valence electrons. The number of nitrogens with one attached hydrogen (secondary N) is 2. The minimum Gasteiger partial charge on any atom is -0.377 e. The Hall–Kier alpha value is -0.830. The first-order valence-electron chi connectivity index (χ1n) is 9.68. The summed E-state index contributed by atoms with van der Waals surface area (Å²) in [5.74, 6) is 2.71. The molecule has 6 nitrogen and oxygen atoms in total. The Morgan fingerprint density at radius 1 is 1.38 bits per heavy atom. The number of nitrogens with zero attached hydrogens (tertiary/aromatic N) is 2. The fourth-order valence-electron chi connectivity index (χ4n) is 5.10. The Morgan fingerprint density at radius 3 is 2.81 bits per heavy atom. The van der Waals surface area contributed by atoms with Gasteiger partial charge in [-0.1, -0.05) is 31.8 Å². The maximum atomic E-state index is 6.07. The summed E-state index contributed by atoms with van der Waals surface area (Å²) in [6, 6.07) is 2.50. The molecule has 3 unspecified atom stereocenters. The largest absolute Gasteiger partial charge is 0.377 e. The van der Waals surface area contributed by atoms with Gasteiger partial charge < -0.3 is 19.9 Å². The predicted octanol–water partition coefficient (Wildman–Crippen LogP) is 3.43. The fraction of sp³-hybridized carbons (Fsp3) is 0.789. The SMILES string of the molecule is CN=C(NCc1cc(C(C)C)no1)NC1C2CCOC2C12CCCC2.I. The van der Waals surface area contributed by atoms with Crippen LogP contribution < -0.4 is 10.6 Å². The van der Waals surface area contributed by atoms with E-state index >= 15 is 0 Å². The molecule has 1 saturated heterocycles. The zero-order valence-corrected chi connectivity index (χ0v) is 18.3. The van der Waals surface area contributed by atoms with Crippen molar-refractivity contribution in [3.63, 3.8) is 0 Å². The van der Waals surface area contributed by atoms with E-state index in [9.17, 15) is 0 Å². The third-order valence-corrected chi connectivity index (χ3v) is 6.40. The molecule has 0 bridgehead atoms. The van der Waals surface area contributed by atoms with Crippen LogP contribution in [0.3, 0.4) is 0 Å². The monoisotopic (exact) mass is 474 g/mol. The molecule has 1 spiro atoms. The highest BCUT2D eigenvalue weighted by atomic mass is 127. The molecule has 0 radical (unpaired) electrons. The number of halogens is 1. The number of hydrogen-bond acceptors (Lipinski definition) is 4. The Morgan fingerprint density at radius 2 is 2.15 bits per heavy atom. The van der Waals surface area contributed by atoms with E-state index in [1.54, 1.807) is 0 Å². The predicted molar refractivity (Wildman–Crippen MR) is 112 cm³/mol. The summed E-state index contributed by atoms with van der Waals surface area (Å²) in [4.78, 5) is 4.43. The van der Waals surface area contributed by atoms with Crippen molar-refractivity contribution in [1.82, 2.24) is 15.8 Å². The van der Waals surface area contributed by atoms with Crippen LogP contribution in [0.2, 0.25) is 0 Å². The van der Waals surface area contributed by atoms with Crippen molar-refractivity contribution in [2.45, 2.75) is 70.6 Å². The van der Waals surface area contributed by atoms with Gasteiger partial charge in [0, 0.05) is 37.1 Å². The van der Waals surface area contributed by atoms with Gasteiger partial charge in [0.25, 0.3) is 0 Å². The van der Waals surface area contributed by atoms with Gasteiger partial charge in [-0.05, 0) is 25.2 Å². The number of rotatable bonds is 4. The highest BCUT2D eigenvalue weighted by molar-refractivity contribution is 14.0. The molecule has 1 aliphatic heterocycles. The van der Waals surface area contributed by atoms with Crippen molar-refractivity contribution < 1.29 is 9.26 Å². The molecule has 2 N–H and O–H groups in total. The summed E-state index contributed by atoms with van der Waals surface area (Å²) in [7, 11) is 1.83. The van der Waals surface area contributed by atoms with Crippen molar-refractivity contribution in [3.8, 4) is 0 Å². The molecule has 0 aromatic carbocycles. The fourth-order valence-corrected chi connectivity index (χ4v) is 5.10. The normalized spacial score (nSPS) is 29.4. The molecule has 3 atom stereocenters. The van der Waals surface area contributed by atoms with E-state index in [-0.39, 0.29) is 24.0 Å². The molecular weight excluding hydrogens is 443 g/mol. The van der Waals surface area contributed by atoms with Gasteiger partial charge in [0.2, 0.25) is 0 Å². The van der Waals surface area contributed by atoms with E-state index in [0.29, 0.717) is 35.9 Å². The van der Waals surface area contributed by atoms with E-state index in [1.165, 1.54) is 32.1 Å². The minimum atomic E-state index is 0. The molecule has 26 heavy (non-hydrogen) atoms. The molecule has 1 aromatic heterocycles. The Labute approximate surface area is 172 Å². The number of fused-ring (bicyclic) bond motifs is 2. The van der Waals surface area contributed by atoms with Crippen molar-refractivity contribution in [2.24, 2.45) is 16.3 Å². The van der Waals surface area contributed by atoms with Crippen molar-refractivity contribution in [2.75, 3.05) is 13.7 Å². The first-order chi connectivity index (χ1) is 12.1. The molecule has 0 amide bonds. The van der Waals surface area contributed by atoms with Gasteiger partial charge in [-0.3, -0.25) is 4.99 Å². The Bertz CT molecular complexity index is 639. The molecule has 2 aliphatic carbocycles. The van der Waals surface area contributed by atoms with Crippen LogP contribution in [0.1, 0.15) is 63.3 Å². The minimum absolute atomic E-state index is 0. The second-order valence-electron chi connectivity index (χ2n) is 8.10. The lowest BCUT2D eigenvalue weighted by atomic mass is 9.54. The van der Waals surface area contributed by atoms with E-state index < -0.39 is 0 Å². The first-order valence-corrected chi connectivity index (χ1v) is 9.68. The maximum absolute atomic E-state index is 6.07. The van der Waals surface area contributed by atoms with Gasteiger partial charge in [-0.25, -0.2) is 0 Å². The summed E-state index contributed by atoms with van der Waals surface area (Å²) in [5, 5.41) is 11.2. The van der Waals surface area contributed by atoms with Gasteiger partial charge in [0.15, 0.2) is 11.7 Å². The standard InChI is InChI=1S/C19H30N4O2.HI/c1-12(2)15-10-13(25-23-15)11-21-18(20-3)22-16-14-6-9-24-17(14)19(16)7-4-5-8-19;/h10,12,14,16-17H,4-9,11H2,1-3H3,(H2,20,21,22);1H. The van der Waals surface area contributed by atoms with Crippen LogP contribution >= 0.6 is 24.0 Å². The summed E-state index contributed by atoms with van der Waals surface area (Å²) in [5.41, 5.74) is 1.32. The van der Waals surface area contributed by atoms with Crippen LogP contribution in [-0.4, -0.2) is 36.9 Å². The van der Waals surface area contributed by atoms with E-state index in [2.05, 4.69) is 34.6 Å². The van der Waals surface area contributed by atoms with Gasteiger partial charge in [0.05, 0.1) is 18.3 Å². The molecule has 1 aromatic rings. The number of aliphatic imine (C=N–C) groups is 1. The average molecular weight is 474 g/mol. The zero-order chi connectivity index (χ0) is 17.4. The maximum Gasteiger partial charge on any atom is 0.191 e. The molecule has 7 heteroatoms. The summed E-state index contributed by atoms with van der Waals surface area (Å²) in [6.07, 6.45) is 6.85. The number of hydrogen-bond donors (Lipinski definition) is 2. The topological polar surface area (TPSA) is 71.7 Å². The molecule has 4 rings (SSSR count). The zero-order valence-electron chi connectivity index (χ0n) is 16.0. The van der Waals surface area contributed by atoms with Crippen molar-refractivity contribution in [1.29, 1.82) is 0 Å². The third kappa shape index (κ3) is 3.37. The van der Waals surface area contributed by atoms with Crippen molar-refractivity contribution in [3.05, 3.63) is 17.5 Å². The number of ether oxygens (including phenoxy) is 1. The van der Waals surface area contributed by atoms with Crippen LogP contribution in [-0.2, 0) is 11.3 Å². The number of guanidine groups is 1. The summed E-state index contributed by atoms with van der Waals surface area (Å²) >= 11 is 0. The van der Waals surface area contributed by atoms with Crippen LogP contribution in [0.5, 0.6) is 0 Å². The average Bonchev–Trinajstić information content (AvgIpc) is 3.34.